The molecule has 1 aromatic heterocycles. The van der Waals surface area contributed by atoms with Crippen LogP contribution in [0.25, 0.3) is 10.9 Å². The lowest BCUT2D eigenvalue weighted by Crippen LogP contribution is -1.92. The molecule has 2 rings (SSSR count). The number of benzene rings is 1. The molecule has 2 nitrogen and oxygen atoms in total. The second-order valence-electron chi connectivity index (χ2n) is 3.84. The van der Waals surface area contributed by atoms with E-state index < -0.39 is 0 Å². The first kappa shape index (κ1) is 9.67. The van der Waals surface area contributed by atoms with Gasteiger partial charge >= 0.3 is 0 Å². The fourth-order valence-electron chi connectivity index (χ4n) is 1.76. The summed E-state index contributed by atoms with van der Waals surface area (Å²) in [4.78, 5) is 4.35. The highest BCUT2D eigenvalue weighted by Crippen LogP contribution is 2.23. The number of hydrogen-bond donors (Lipinski definition) is 0. The van der Waals surface area contributed by atoms with Gasteiger partial charge in [0.15, 0.2) is 0 Å². The molecular weight excluding hydrogens is 184 g/mol. The van der Waals surface area contributed by atoms with Crippen molar-refractivity contribution >= 4 is 10.9 Å². The van der Waals surface area contributed by atoms with Gasteiger partial charge in [0, 0.05) is 5.39 Å². The SMILES string of the molecule is Cc1ccc2c(C)cc(C#N)nc2c1C. The van der Waals surface area contributed by atoms with Gasteiger partial charge in [0.2, 0.25) is 0 Å². The molecular formula is C13H12N2. The van der Waals surface area contributed by atoms with Gasteiger partial charge < -0.3 is 0 Å². The lowest BCUT2D eigenvalue weighted by atomic mass is 10.0. The van der Waals surface area contributed by atoms with Gasteiger partial charge in [-0.25, -0.2) is 4.98 Å². The standard InChI is InChI=1S/C13H12N2/c1-8-4-5-12-9(2)6-11(7-14)15-13(12)10(8)3/h4-6H,1-3H3. The van der Waals surface area contributed by atoms with Crippen LogP contribution in [0.1, 0.15) is 22.4 Å². The Hall–Kier alpha value is -1.88. The summed E-state index contributed by atoms with van der Waals surface area (Å²) in [7, 11) is 0. The highest BCUT2D eigenvalue weighted by Gasteiger charge is 2.06. The molecule has 0 unspecified atom stereocenters. The molecule has 0 aliphatic heterocycles. The molecule has 0 aliphatic carbocycles. The second-order valence-corrected chi connectivity index (χ2v) is 3.84. The summed E-state index contributed by atoms with van der Waals surface area (Å²) in [6.07, 6.45) is 0. The third kappa shape index (κ3) is 1.46. The molecule has 2 aromatic rings. The van der Waals surface area contributed by atoms with Crippen LogP contribution in [0.2, 0.25) is 0 Å². The van der Waals surface area contributed by atoms with Crippen LogP contribution >= 0.6 is 0 Å². The van der Waals surface area contributed by atoms with Gasteiger partial charge in [0.25, 0.3) is 0 Å². The summed E-state index contributed by atoms with van der Waals surface area (Å²) in [5.41, 5.74) is 4.93. The van der Waals surface area contributed by atoms with E-state index in [1.54, 1.807) is 0 Å². The zero-order valence-electron chi connectivity index (χ0n) is 9.13. The highest BCUT2D eigenvalue weighted by atomic mass is 14.7. The van der Waals surface area contributed by atoms with Gasteiger partial charge in [-0.15, -0.1) is 0 Å². The average molecular weight is 196 g/mol. The van der Waals surface area contributed by atoms with Crippen molar-refractivity contribution in [2.24, 2.45) is 0 Å². The van der Waals surface area contributed by atoms with Crippen LogP contribution in [0.5, 0.6) is 0 Å². The van der Waals surface area contributed by atoms with Crippen LogP contribution in [-0.4, -0.2) is 4.98 Å². The van der Waals surface area contributed by atoms with Gasteiger partial charge in [0.05, 0.1) is 5.52 Å². The summed E-state index contributed by atoms with van der Waals surface area (Å²) in [5.74, 6) is 0. The maximum absolute atomic E-state index is 8.87. The molecule has 1 aromatic carbocycles. The maximum Gasteiger partial charge on any atom is 0.141 e. The summed E-state index contributed by atoms with van der Waals surface area (Å²) >= 11 is 0. The Labute approximate surface area is 89.2 Å². The first-order valence-corrected chi connectivity index (χ1v) is 4.91. The number of hydrogen-bond acceptors (Lipinski definition) is 2. The van der Waals surface area contributed by atoms with Gasteiger partial charge in [-0.2, -0.15) is 5.26 Å². The van der Waals surface area contributed by atoms with Crippen molar-refractivity contribution in [3.63, 3.8) is 0 Å². The third-order valence-electron chi connectivity index (χ3n) is 2.83. The normalized spacial score (nSPS) is 10.3. The lowest BCUT2D eigenvalue weighted by molar-refractivity contribution is 1.26. The fourth-order valence-corrected chi connectivity index (χ4v) is 1.76. The van der Waals surface area contributed by atoms with Crippen LogP contribution in [0, 0.1) is 32.1 Å². The summed E-state index contributed by atoms with van der Waals surface area (Å²) in [5, 5.41) is 10.0. The molecule has 0 amide bonds. The molecule has 0 saturated carbocycles. The van der Waals surface area contributed by atoms with Crippen LogP contribution in [0.4, 0.5) is 0 Å². The molecule has 0 aliphatic rings. The van der Waals surface area contributed by atoms with E-state index in [0.717, 1.165) is 22.0 Å². The van der Waals surface area contributed by atoms with Crippen LogP contribution < -0.4 is 0 Å². The molecule has 0 fully saturated rings. The molecule has 15 heavy (non-hydrogen) atoms. The van der Waals surface area contributed by atoms with E-state index >= 15 is 0 Å². The first-order chi connectivity index (χ1) is 7.13. The molecule has 2 heteroatoms. The van der Waals surface area contributed by atoms with E-state index in [1.807, 2.05) is 19.9 Å². The Morgan fingerprint density at radius 1 is 1.13 bits per heavy atom. The van der Waals surface area contributed by atoms with Crippen LogP contribution in [0.15, 0.2) is 18.2 Å². The number of fused-ring (bicyclic) bond motifs is 1. The van der Waals surface area contributed by atoms with Crippen molar-refractivity contribution in [2.45, 2.75) is 20.8 Å². The maximum atomic E-state index is 8.87. The number of nitriles is 1. The zero-order chi connectivity index (χ0) is 11.0. The number of pyridine rings is 1. The van der Waals surface area contributed by atoms with Gasteiger partial charge in [-0.3, -0.25) is 0 Å². The van der Waals surface area contributed by atoms with Crippen molar-refractivity contribution in [3.05, 3.63) is 40.6 Å². The molecule has 0 radical (unpaired) electrons. The van der Waals surface area contributed by atoms with E-state index in [9.17, 15) is 0 Å². The summed E-state index contributed by atoms with van der Waals surface area (Å²) in [6, 6.07) is 8.09. The minimum atomic E-state index is 0.494. The number of aromatic nitrogens is 1. The van der Waals surface area contributed by atoms with Crippen molar-refractivity contribution in [1.29, 1.82) is 5.26 Å². The number of nitrogens with zero attached hydrogens (tertiary/aromatic N) is 2. The Bertz CT molecular complexity index is 577. The fraction of sp³-hybridized carbons (Fsp3) is 0.231. The van der Waals surface area contributed by atoms with Gasteiger partial charge in [-0.1, -0.05) is 12.1 Å². The molecule has 0 N–H and O–H groups in total. The molecule has 74 valence electrons. The largest absolute Gasteiger partial charge is 0.237 e. The highest BCUT2D eigenvalue weighted by molar-refractivity contribution is 5.86. The third-order valence-corrected chi connectivity index (χ3v) is 2.83. The molecule has 0 spiro atoms. The Kier molecular flexibility index (Phi) is 2.17. The van der Waals surface area contributed by atoms with Gasteiger partial charge in [0.1, 0.15) is 11.8 Å². The van der Waals surface area contributed by atoms with Crippen LogP contribution in [0.3, 0.4) is 0 Å². The monoisotopic (exact) mass is 196 g/mol. The van der Waals surface area contributed by atoms with Gasteiger partial charge in [-0.05, 0) is 43.5 Å². The topological polar surface area (TPSA) is 36.7 Å². The first-order valence-electron chi connectivity index (χ1n) is 4.91. The number of rotatable bonds is 0. The minimum absolute atomic E-state index is 0.494. The van der Waals surface area contributed by atoms with E-state index in [4.69, 9.17) is 5.26 Å². The van der Waals surface area contributed by atoms with Crippen LogP contribution in [-0.2, 0) is 0 Å². The van der Waals surface area contributed by atoms with Crippen molar-refractivity contribution in [3.8, 4) is 6.07 Å². The smallest absolute Gasteiger partial charge is 0.141 e. The van der Waals surface area contributed by atoms with E-state index in [1.165, 1.54) is 5.56 Å². The molecule has 0 atom stereocenters. The second kappa shape index (κ2) is 3.36. The lowest BCUT2D eigenvalue weighted by Gasteiger charge is -2.07. The quantitative estimate of drug-likeness (QED) is 0.649. The summed E-state index contributed by atoms with van der Waals surface area (Å²) in [6.45, 7) is 6.12. The molecule has 0 saturated heterocycles. The van der Waals surface area contributed by atoms with E-state index in [0.29, 0.717) is 5.69 Å². The van der Waals surface area contributed by atoms with E-state index in [2.05, 4.69) is 30.1 Å². The van der Waals surface area contributed by atoms with Crippen molar-refractivity contribution in [2.75, 3.05) is 0 Å². The average Bonchev–Trinajstić information content (AvgIpc) is 2.23. The number of aryl methyl sites for hydroxylation is 3. The van der Waals surface area contributed by atoms with Crippen molar-refractivity contribution in [1.82, 2.24) is 4.98 Å². The Morgan fingerprint density at radius 3 is 2.53 bits per heavy atom. The zero-order valence-corrected chi connectivity index (χ0v) is 9.13. The Balaban J connectivity index is 2.94. The minimum Gasteiger partial charge on any atom is -0.237 e. The molecule has 1 heterocycles. The van der Waals surface area contributed by atoms with Crippen molar-refractivity contribution < 1.29 is 0 Å². The summed E-state index contributed by atoms with van der Waals surface area (Å²) < 4.78 is 0. The Morgan fingerprint density at radius 2 is 1.87 bits per heavy atom. The predicted molar refractivity (Wildman–Crippen MR) is 60.7 cm³/mol. The molecule has 0 bridgehead atoms. The van der Waals surface area contributed by atoms with E-state index in [-0.39, 0.29) is 0 Å². The predicted octanol–water partition coefficient (Wildman–Crippen LogP) is 3.03.